The lowest BCUT2D eigenvalue weighted by Gasteiger charge is -2.08. The Kier molecular flexibility index (Phi) is 14.1. The van der Waals surface area contributed by atoms with Crippen LogP contribution in [0.2, 0.25) is 0 Å². The van der Waals surface area contributed by atoms with E-state index in [0.717, 1.165) is 66.4 Å². The van der Waals surface area contributed by atoms with Gasteiger partial charge in [-0.1, -0.05) is 94.7 Å². The average Bonchev–Trinajstić information content (AvgIpc) is 3.08. The van der Waals surface area contributed by atoms with Crippen LogP contribution in [-0.4, -0.2) is 19.4 Å². The maximum atomic E-state index is 8.95. The number of nitrogens with zero attached hydrogens (tertiary/aromatic N) is 2. The van der Waals surface area contributed by atoms with Gasteiger partial charge in [0.05, 0.1) is 30.5 Å². The van der Waals surface area contributed by atoms with E-state index < -0.39 is 0 Å². The molecule has 4 heteroatoms. The van der Waals surface area contributed by atoms with Crippen LogP contribution in [0.25, 0.3) is 11.1 Å². The van der Waals surface area contributed by atoms with E-state index in [9.17, 15) is 0 Å². The summed E-state index contributed by atoms with van der Waals surface area (Å²) in [5, 5.41) is 8.95. The summed E-state index contributed by atoms with van der Waals surface area (Å²) in [5.74, 6) is 1.85. The minimum Gasteiger partial charge on any atom is -0.494 e. The van der Waals surface area contributed by atoms with E-state index in [1.807, 2.05) is 54.7 Å². The molecule has 0 amide bonds. The zero-order chi connectivity index (χ0) is 30.7. The molecule has 4 aromatic carbocycles. The second-order valence-electron chi connectivity index (χ2n) is 11.3. The van der Waals surface area contributed by atoms with E-state index in [-0.39, 0.29) is 0 Å². The third-order valence-electron chi connectivity index (χ3n) is 7.87. The Labute approximate surface area is 264 Å². The highest BCUT2D eigenvalue weighted by molar-refractivity contribution is 5.82. The molecule has 0 aliphatic heterocycles. The van der Waals surface area contributed by atoms with Crippen molar-refractivity contribution in [2.75, 3.05) is 13.2 Å². The highest BCUT2D eigenvalue weighted by Gasteiger charge is 2.01. The van der Waals surface area contributed by atoms with Crippen LogP contribution in [0.5, 0.6) is 11.5 Å². The van der Waals surface area contributed by atoms with Gasteiger partial charge >= 0.3 is 0 Å². The molecule has 44 heavy (non-hydrogen) atoms. The molecule has 0 spiro atoms. The Balaban J connectivity index is 0.946. The highest BCUT2D eigenvalue weighted by Crippen LogP contribution is 2.23. The van der Waals surface area contributed by atoms with Gasteiger partial charge in [-0.25, -0.2) is 0 Å². The van der Waals surface area contributed by atoms with Crippen LogP contribution in [-0.2, 0) is 6.42 Å². The summed E-state index contributed by atoms with van der Waals surface area (Å²) in [6.45, 7) is 3.71. The van der Waals surface area contributed by atoms with Gasteiger partial charge in [-0.2, -0.15) is 5.26 Å². The number of hydrogen-bond donors (Lipinski definition) is 0. The monoisotopic (exact) mass is 586 g/mol. The van der Waals surface area contributed by atoms with Crippen LogP contribution in [0.3, 0.4) is 0 Å². The van der Waals surface area contributed by atoms with Gasteiger partial charge in [0.15, 0.2) is 0 Å². The normalized spacial score (nSPS) is 11.0. The van der Waals surface area contributed by atoms with Crippen LogP contribution < -0.4 is 9.47 Å². The SMILES string of the molecule is CCc1ccc(N=Cc2ccc(OCCCCCCCCCCCCOc3ccc(-c4ccc(C#N)cc4)cc3)cc2)cc1. The maximum absolute atomic E-state index is 8.95. The van der Waals surface area contributed by atoms with Gasteiger partial charge in [-0.3, -0.25) is 4.99 Å². The number of benzene rings is 4. The lowest BCUT2D eigenvalue weighted by molar-refractivity contribution is 0.303. The number of aryl methyl sites for hydroxylation is 1. The first-order chi connectivity index (χ1) is 21.7. The summed E-state index contributed by atoms with van der Waals surface area (Å²) in [4.78, 5) is 4.57. The fourth-order valence-electron chi connectivity index (χ4n) is 5.10. The molecule has 228 valence electrons. The van der Waals surface area contributed by atoms with E-state index in [0.29, 0.717) is 5.56 Å². The smallest absolute Gasteiger partial charge is 0.119 e. The molecule has 4 rings (SSSR count). The minimum absolute atomic E-state index is 0.681. The fraction of sp³-hybridized carbons (Fsp3) is 0.350. The van der Waals surface area contributed by atoms with E-state index in [1.165, 1.54) is 56.9 Å². The van der Waals surface area contributed by atoms with Crippen LogP contribution in [0, 0.1) is 11.3 Å². The van der Waals surface area contributed by atoms with Gasteiger partial charge in [-0.15, -0.1) is 0 Å². The van der Waals surface area contributed by atoms with E-state index >= 15 is 0 Å². The van der Waals surface area contributed by atoms with Crippen LogP contribution in [0.4, 0.5) is 5.69 Å². The van der Waals surface area contributed by atoms with Crippen molar-refractivity contribution in [3.05, 3.63) is 114 Å². The largest absolute Gasteiger partial charge is 0.494 e. The number of rotatable bonds is 19. The van der Waals surface area contributed by atoms with Gasteiger partial charge in [0.1, 0.15) is 11.5 Å². The molecule has 0 bridgehead atoms. The summed E-state index contributed by atoms with van der Waals surface area (Å²) in [7, 11) is 0. The van der Waals surface area contributed by atoms with Crippen molar-refractivity contribution in [1.82, 2.24) is 0 Å². The van der Waals surface area contributed by atoms with E-state index in [1.54, 1.807) is 0 Å². The quantitative estimate of drug-likeness (QED) is 0.0811. The molecule has 4 nitrogen and oxygen atoms in total. The Morgan fingerprint density at radius 3 is 1.50 bits per heavy atom. The van der Waals surface area contributed by atoms with Crippen LogP contribution in [0.15, 0.2) is 102 Å². The highest BCUT2D eigenvalue weighted by atomic mass is 16.5. The van der Waals surface area contributed by atoms with Crippen molar-refractivity contribution < 1.29 is 9.47 Å². The Hall–Kier alpha value is -4.36. The molecule has 0 radical (unpaired) electrons. The van der Waals surface area contributed by atoms with Gasteiger partial charge in [0.2, 0.25) is 0 Å². The fourth-order valence-corrected chi connectivity index (χ4v) is 5.10. The molecular formula is C40H46N2O2. The van der Waals surface area contributed by atoms with Crippen molar-refractivity contribution in [2.45, 2.75) is 77.6 Å². The van der Waals surface area contributed by atoms with Gasteiger partial charge in [-0.05, 0) is 102 Å². The van der Waals surface area contributed by atoms with Crippen molar-refractivity contribution in [3.8, 4) is 28.7 Å². The molecule has 0 heterocycles. The predicted molar refractivity (Wildman–Crippen MR) is 183 cm³/mol. The average molecular weight is 587 g/mol. The van der Waals surface area contributed by atoms with E-state index in [2.05, 4.69) is 66.5 Å². The van der Waals surface area contributed by atoms with Crippen LogP contribution >= 0.6 is 0 Å². The summed E-state index contributed by atoms with van der Waals surface area (Å²) in [6.07, 6.45) is 15.5. The van der Waals surface area contributed by atoms with Crippen molar-refractivity contribution in [1.29, 1.82) is 5.26 Å². The Bertz CT molecular complexity index is 1420. The molecule has 0 atom stereocenters. The number of unbranched alkanes of at least 4 members (excludes halogenated alkanes) is 9. The van der Waals surface area contributed by atoms with Crippen molar-refractivity contribution in [3.63, 3.8) is 0 Å². The van der Waals surface area contributed by atoms with Crippen molar-refractivity contribution in [2.24, 2.45) is 4.99 Å². The summed E-state index contributed by atoms with van der Waals surface area (Å²) < 4.78 is 11.9. The summed E-state index contributed by atoms with van der Waals surface area (Å²) in [6, 6.07) is 34.6. The summed E-state index contributed by atoms with van der Waals surface area (Å²) in [5.41, 5.74) is 6.31. The Morgan fingerprint density at radius 1 is 0.568 bits per heavy atom. The third-order valence-corrected chi connectivity index (χ3v) is 7.87. The molecule has 0 saturated heterocycles. The zero-order valence-corrected chi connectivity index (χ0v) is 26.2. The van der Waals surface area contributed by atoms with Gasteiger partial charge in [0.25, 0.3) is 0 Å². The number of aliphatic imine (C=N–C) groups is 1. The predicted octanol–water partition coefficient (Wildman–Crippen LogP) is 10.9. The first-order valence-corrected chi connectivity index (χ1v) is 16.3. The molecule has 0 aliphatic rings. The second-order valence-corrected chi connectivity index (χ2v) is 11.3. The second kappa shape index (κ2) is 19.0. The molecule has 4 aromatic rings. The standard InChI is InChI=1S/C40H46N2O2/c1-2-33-15-23-38(24-16-33)42-32-35-17-25-39(26-18-35)43-29-11-9-7-5-3-4-6-8-10-12-30-44-40-27-21-37(22-28-40)36-19-13-34(31-41)14-20-36/h13-28,32H,2-12,29-30H2,1H3. The number of ether oxygens (including phenoxy) is 2. The first kappa shape index (κ1) is 32.6. The molecule has 0 saturated carbocycles. The van der Waals surface area contributed by atoms with E-state index in [4.69, 9.17) is 14.7 Å². The Morgan fingerprint density at radius 2 is 1.02 bits per heavy atom. The number of hydrogen-bond acceptors (Lipinski definition) is 4. The topological polar surface area (TPSA) is 54.6 Å². The molecule has 0 aromatic heterocycles. The lowest BCUT2D eigenvalue weighted by Crippen LogP contribution is -1.97. The summed E-state index contributed by atoms with van der Waals surface area (Å²) >= 11 is 0. The molecular weight excluding hydrogens is 540 g/mol. The molecule has 0 aliphatic carbocycles. The van der Waals surface area contributed by atoms with Gasteiger partial charge in [0, 0.05) is 6.21 Å². The molecule has 0 N–H and O–H groups in total. The molecule has 0 unspecified atom stereocenters. The number of nitriles is 1. The van der Waals surface area contributed by atoms with Crippen molar-refractivity contribution >= 4 is 11.9 Å². The zero-order valence-electron chi connectivity index (χ0n) is 26.2. The molecule has 0 fully saturated rings. The van der Waals surface area contributed by atoms with Crippen LogP contribution in [0.1, 0.15) is 87.8 Å². The lowest BCUT2D eigenvalue weighted by atomic mass is 10.0. The van der Waals surface area contributed by atoms with Gasteiger partial charge < -0.3 is 9.47 Å². The third kappa shape index (κ3) is 11.7. The minimum atomic E-state index is 0.681. The maximum Gasteiger partial charge on any atom is 0.119 e. The first-order valence-electron chi connectivity index (χ1n) is 16.3.